The minimum absolute atomic E-state index is 0.0749. The van der Waals surface area contributed by atoms with Crippen LogP contribution in [-0.2, 0) is 11.3 Å². The van der Waals surface area contributed by atoms with Crippen molar-refractivity contribution in [3.63, 3.8) is 0 Å². The Kier molecular flexibility index (Phi) is 6.36. The molecule has 0 bridgehead atoms. The number of nitrogens with zero attached hydrogens (tertiary/aromatic N) is 3. The Morgan fingerprint density at radius 3 is 2.55 bits per heavy atom. The highest BCUT2D eigenvalue weighted by Crippen LogP contribution is 2.13. The van der Waals surface area contributed by atoms with Crippen LogP contribution in [0.15, 0.2) is 12.4 Å². The summed E-state index contributed by atoms with van der Waals surface area (Å²) in [6.45, 7) is 13.0. The lowest BCUT2D eigenvalue weighted by Gasteiger charge is -2.27. The van der Waals surface area contributed by atoms with Crippen LogP contribution in [0.25, 0.3) is 0 Å². The molecule has 0 spiro atoms. The fourth-order valence-corrected chi connectivity index (χ4v) is 1.80. The highest BCUT2D eigenvalue weighted by Gasteiger charge is 2.14. The highest BCUT2D eigenvalue weighted by atomic mass is 16.5. The van der Waals surface area contributed by atoms with E-state index in [0.29, 0.717) is 12.6 Å². The monoisotopic (exact) mass is 280 g/mol. The molecular formula is C15H28N4O. The number of hydrogen-bond donors (Lipinski definition) is 1. The molecule has 0 aliphatic heterocycles. The average Bonchev–Trinajstić information content (AvgIpc) is 2.36. The predicted molar refractivity (Wildman–Crippen MR) is 83.0 cm³/mol. The van der Waals surface area contributed by atoms with Crippen molar-refractivity contribution < 1.29 is 4.74 Å². The van der Waals surface area contributed by atoms with Crippen LogP contribution in [0.2, 0.25) is 0 Å². The maximum atomic E-state index is 5.16. The molecule has 5 nitrogen and oxygen atoms in total. The van der Waals surface area contributed by atoms with E-state index in [0.717, 1.165) is 24.6 Å². The molecule has 1 aromatic heterocycles. The molecule has 0 radical (unpaired) electrons. The molecule has 114 valence electrons. The van der Waals surface area contributed by atoms with Gasteiger partial charge in [0.05, 0.1) is 18.5 Å². The molecule has 0 aliphatic rings. The summed E-state index contributed by atoms with van der Waals surface area (Å²) in [5, 5.41) is 3.43. The third kappa shape index (κ3) is 5.84. The minimum atomic E-state index is 0.0749. The molecular weight excluding hydrogens is 252 g/mol. The maximum Gasteiger partial charge on any atom is 0.147 e. The van der Waals surface area contributed by atoms with Crippen LogP contribution in [0.5, 0.6) is 0 Å². The van der Waals surface area contributed by atoms with Crippen LogP contribution in [0.1, 0.15) is 40.3 Å². The van der Waals surface area contributed by atoms with Gasteiger partial charge in [0.2, 0.25) is 0 Å². The molecule has 5 heteroatoms. The van der Waals surface area contributed by atoms with E-state index < -0.39 is 0 Å². The minimum Gasteiger partial charge on any atom is -0.383 e. The second-order valence-electron chi connectivity index (χ2n) is 6.25. The smallest absolute Gasteiger partial charge is 0.147 e. The first-order valence-electron chi connectivity index (χ1n) is 7.15. The third-order valence-electron chi connectivity index (χ3n) is 2.93. The molecule has 1 rings (SSSR count). The lowest BCUT2D eigenvalue weighted by Crippen LogP contribution is -2.36. The van der Waals surface area contributed by atoms with Gasteiger partial charge in [0.1, 0.15) is 5.82 Å². The molecule has 0 saturated heterocycles. The Morgan fingerprint density at radius 1 is 1.30 bits per heavy atom. The lowest BCUT2D eigenvalue weighted by atomic mass is 10.1. The molecule has 20 heavy (non-hydrogen) atoms. The zero-order valence-electron chi connectivity index (χ0n) is 13.6. The number of nitrogens with one attached hydrogen (secondary N) is 1. The van der Waals surface area contributed by atoms with E-state index in [2.05, 4.69) is 49.8 Å². The van der Waals surface area contributed by atoms with E-state index in [1.165, 1.54) is 0 Å². The summed E-state index contributed by atoms with van der Waals surface area (Å²) in [4.78, 5) is 11.2. The van der Waals surface area contributed by atoms with Gasteiger partial charge in [-0.3, -0.25) is 4.98 Å². The Morgan fingerprint density at radius 2 is 2.00 bits per heavy atom. The van der Waals surface area contributed by atoms with E-state index >= 15 is 0 Å². The van der Waals surface area contributed by atoms with Crippen LogP contribution in [0.3, 0.4) is 0 Å². The number of anilines is 1. The van der Waals surface area contributed by atoms with E-state index in [9.17, 15) is 0 Å². The molecule has 1 aromatic rings. The molecule has 0 atom stereocenters. The van der Waals surface area contributed by atoms with E-state index in [1.807, 2.05) is 12.4 Å². The number of methoxy groups -OCH3 is 1. The molecule has 1 N–H and O–H groups in total. The van der Waals surface area contributed by atoms with Crippen LogP contribution in [0, 0.1) is 0 Å². The van der Waals surface area contributed by atoms with Crippen molar-refractivity contribution in [1.29, 1.82) is 0 Å². The second-order valence-corrected chi connectivity index (χ2v) is 6.25. The van der Waals surface area contributed by atoms with Crippen molar-refractivity contribution >= 4 is 5.82 Å². The second kappa shape index (κ2) is 7.55. The zero-order chi connectivity index (χ0) is 15.2. The Labute approximate surface area is 122 Å². The first-order chi connectivity index (χ1) is 9.33. The number of aromatic nitrogens is 2. The quantitative estimate of drug-likeness (QED) is 0.830. The van der Waals surface area contributed by atoms with E-state index in [4.69, 9.17) is 9.72 Å². The fraction of sp³-hybridized carbons (Fsp3) is 0.733. The van der Waals surface area contributed by atoms with Gasteiger partial charge in [0, 0.05) is 38.0 Å². The van der Waals surface area contributed by atoms with Gasteiger partial charge in [0.25, 0.3) is 0 Å². The summed E-state index contributed by atoms with van der Waals surface area (Å²) >= 11 is 0. The first-order valence-corrected chi connectivity index (χ1v) is 7.15. The summed E-state index contributed by atoms with van der Waals surface area (Å²) in [7, 11) is 1.72. The standard InChI is InChI=1S/C15H28N4O/c1-12(2)19(7-8-20-6)14-11-16-9-13(18-14)10-17-15(3,4)5/h9,11-12,17H,7-8,10H2,1-6H3. The van der Waals surface area contributed by atoms with Gasteiger partial charge < -0.3 is 15.0 Å². The Balaban J connectivity index is 2.78. The van der Waals surface area contributed by atoms with Crippen molar-refractivity contribution in [2.75, 3.05) is 25.2 Å². The van der Waals surface area contributed by atoms with Gasteiger partial charge in [-0.1, -0.05) is 0 Å². The lowest BCUT2D eigenvalue weighted by molar-refractivity contribution is 0.203. The molecule has 0 amide bonds. The molecule has 0 unspecified atom stereocenters. The summed E-state index contributed by atoms with van der Waals surface area (Å²) in [5.74, 6) is 0.908. The Hall–Kier alpha value is -1.20. The van der Waals surface area contributed by atoms with E-state index in [-0.39, 0.29) is 5.54 Å². The van der Waals surface area contributed by atoms with Gasteiger partial charge in [-0.15, -0.1) is 0 Å². The molecule has 0 aromatic carbocycles. The molecule has 0 saturated carbocycles. The van der Waals surface area contributed by atoms with Crippen molar-refractivity contribution in [1.82, 2.24) is 15.3 Å². The maximum absolute atomic E-state index is 5.16. The molecule has 0 fully saturated rings. The van der Waals surface area contributed by atoms with Crippen LogP contribution in [0.4, 0.5) is 5.82 Å². The molecule has 1 heterocycles. The first kappa shape index (κ1) is 16.9. The summed E-state index contributed by atoms with van der Waals surface area (Å²) < 4.78 is 5.16. The van der Waals surface area contributed by atoms with Crippen molar-refractivity contribution in [3.05, 3.63) is 18.1 Å². The van der Waals surface area contributed by atoms with Crippen LogP contribution >= 0.6 is 0 Å². The fourth-order valence-electron chi connectivity index (χ4n) is 1.80. The topological polar surface area (TPSA) is 50.3 Å². The molecule has 0 aliphatic carbocycles. The summed E-state index contributed by atoms with van der Waals surface area (Å²) in [5.41, 5.74) is 1.03. The van der Waals surface area contributed by atoms with Gasteiger partial charge in [-0.05, 0) is 34.6 Å². The van der Waals surface area contributed by atoms with E-state index in [1.54, 1.807) is 7.11 Å². The summed E-state index contributed by atoms with van der Waals surface area (Å²) in [6, 6.07) is 0.366. The highest BCUT2D eigenvalue weighted by molar-refractivity contribution is 5.37. The van der Waals surface area contributed by atoms with Gasteiger partial charge >= 0.3 is 0 Å². The average molecular weight is 280 g/mol. The Bertz CT molecular complexity index is 401. The summed E-state index contributed by atoms with van der Waals surface area (Å²) in [6.07, 6.45) is 3.63. The van der Waals surface area contributed by atoms with Gasteiger partial charge in [0.15, 0.2) is 0 Å². The SMILES string of the molecule is COCCN(c1cncc(CNC(C)(C)C)n1)C(C)C. The van der Waals surface area contributed by atoms with Crippen LogP contribution < -0.4 is 10.2 Å². The zero-order valence-corrected chi connectivity index (χ0v) is 13.6. The van der Waals surface area contributed by atoms with Gasteiger partial charge in [-0.25, -0.2) is 4.98 Å². The van der Waals surface area contributed by atoms with Crippen molar-refractivity contribution in [2.24, 2.45) is 0 Å². The number of ether oxygens (including phenoxy) is 1. The normalized spacial score (nSPS) is 11.9. The third-order valence-corrected chi connectivity index (χ3v) is 2.93. The predicted octanol–water partition coefficient (Wildman–Crippen LogP) is 2.23. The van der Waals surface area contributed by atoms with Crippen LogP contribution in [-0.4, -0.2) is 41.8 Å². The van der Waals surface area contributed by atoms with Crippen molar-refractivity contribution in [2.45, 2.75) is 52.7 Å². The number of hydrogen-bond acceptors (Lipinski definition) is 5. The van der Waals surface area contributed by atoms with Crippen molar-refractivity contribution in [3.8, 4) is 0 Å². The van der Waals surface area contributed by atoms with Gasteiger partial charge in [-0.2, -0.15) is 0 Å². The number of rotatable bonds is 7. The largest absolute Gasteiger partial charge is 0.383 e.